The molecule has 6 rings (SSSR count). The molecule has 0 aliphatic carbocycles. The Morgan fingerprint density at radius 2 is 1.58 bits per heavy atom. The van der Waals surface area contributed by atoms with Gasteiger partial charge in [0.2, 0.25) is 11.8 Å². The monoisotopic (exact) mass is 743 g/mol. The maximum Gasteiger partial charge on any atom is 0.246 e. The number of amides is 1. The van der Waals surface area contributed by atoms with Crippen LogP contribution in [0.2, 0.25) is 10.0 Å². The van der Waals surface area contributed by atoms with Crippen LogP contribution in [-0.4, -0.2) is 53.5 Å². The van der Waals surface area contributed by atoms with E-state index in [2.05, 4.69) is 34.1 Å². The van der Waals surface area contributed by atoms with E-state index < -0.39 is 5.82 Å². The molecule has 1 fully saturated rings. The molecule has 1 aromatic heterocycles. The molecule has 0 unspecified atom stereocenters. The predicted molar refractivity (Wildman–Crippen MR) is 199 cm³/mol. The van der Waals surface area contributed by atoms with E-state index in [1.807, 2.05) is 17.9 Å². The SMILES string of the molecule is Cc1cc(/C=C/C(=O)N2CCN(Cc3ccc(CCOc4ccc(F)cc4)cc3)CC2)cc(Cl)c1Oc1ccc(OCc2cccc(Cl)c2F)cn1. The van der Waals surface area contributed by atoms with E-state index in [1.54, 1.807) is 54.6 Å². The van der Waals surface area contributed by atoms with Crippen LogP contribution in [0.4, 0.5) is 8.78 Å². The van der Waals surface area contributed by atoms with Crippen molar-refractivity contribution >= 4 is 35.2 Å². The minimum Gasteiger partial charge on any atom is -0.493 e. The normalized spacial score (nSPS) is 13.4. The third-order valence-corrected chi connectivity index (χ3v) is 9.17. The lowest BCUT2D eigenvalue weighted by Gasteiger charge is -2.34. The maximum absolute atomic E-state index is 14.1. The number of aromatic nitrogens is 1. The second-order valence-corrected chi connectivity index (χ2v) is 13.2. The number of carbonyl (C=O) groups is 1. The minimum atomic E-state index is -0.511. The Labute approximate surface area is 312 Å². The molecule has 2 heterocycles. The summed E-state index contributed by atoms with van der Waals surface area (Å²) in [5.74, 6) is 1.02. The molecule has 1 aliphatic heterocycles. The number of benzene rings is 4. The quantitative estimate of drug-likeness (QED) is 0.112. The summed E-state index contributed by atoms with van der Waals surface area (Å²) in [7, 11) is 0. The van der Waals surface area contributed by atoms with Crippen LogP contribution in [0.25, 0.3) is 6.08 Å². The molecular formula is C41H37Cl2F2N3O4. The number of rotatable bonds is 13. The van der Waals surface area contributed by atoms with E-state index >= 15 is 0 Å². The van der Waals surface area contributed by atoms with Gasteiger partial charge in [-0.2, -0.15) is 0 Å². The third-order valence-electron chi connectivity index (χ3n) is 8.60. The van der Waals surface area contributed by atoms with E-state index in [1.165, 1.54) is 35.5 Å². The van der Waals surface area contributed by atoms with Gasteiger partial charge in [0.1, 0.15) is 29.7 Å². The van der Waals surface area contributed by atoms with E-state index in [-0.39, 0.29) is 23.4 Å². The number of hydrogen-bond acceptors (Lipinski definition) is 6. The molecular weight excluding hydrogens is 707 g/mol. The van der Waals surface area contributed by atoms with Crippen molar-refractivity contribution in [1.82, 2.24) is 14.8 Å². The number of piperazine rings is 1. The fraction of sp³-hybridized carbons (Fsp3) is 0.220. The van der Waals surface area contributed by atoms with E-state index in [0.29, 0.717) is 53.4 Å². The first-order valence-corrected chi connectivity index (χ1v) is 17.6. The second-order valence-electron chi connectivity index (χ2n) is 12.4. The summed E-state index contributed by atoms with van der Waals surface area (Å²) in [6, 6.07) is 26.2. The highest BCUT2D eigenvalue weighted by Gasteiger charge is 2.20. The lowest BCUT2D eigenvalue weighted by atomic mass is 10.1. The number of carbonyl (C=O) groups excluding carboxylic acids is 1. The number of halogens is 4. The van der Waals surface area contributed by atoms with Crippen LogP contribution >= 0.6 is 23.2 Å². The molecule has 7 nitrogen and oxygen atoms in total. The number of ether oxygens (including phenoxy) is 3. The molecule has 4 aromatic carbocycles. The highest BCUT2D eigenvalue weighted by molar-refractivity contribution is 6.32. The summed E-state index contributed by atoms with van der Waals surface area (Å²) in [5, 5.41) is 0.420. The molecule has 0 spiro atoms. The summed E-state index contributed by atoms with van der Waals surface area (Å²) < 4.78 is 44.5. The Morgan fingerprint density at radius 1 is 0.846 bits per heavy atom. The predicted octanol–water partition coefficient (Wildman–Crippen LogP) is 9.33. The first kappa shape index (κ1) is 36.8. The zero-order valence-corrected chi connectivity index (χ0v) is 30.0. The number of nitrogens with zero attached hydrogens (tertiary/aromatic N) is 3. The molecule has 1 aliphatic rings. The van der Waals surface area contributed by atoms with Gasteiger partial charge in [0.05, 0.1) is 22.8 Å². The van der Waals surface area contributed by atoms with Crippen molar-refractivity contribution in [1.29, 1.82) is 0 Å². The van der Waals surface area contributed by atoms with Crippen LogP contribution in [0.15, 0.2) is 103 Å². The van der Waals surface area contributed by atoms with Crippen LogP contribution in [0, 0.1) is 18.6 Å². The van der Waals surface area contributed by atoms with Gasteiger partial charge in [-0.25, -0.2) is 13.8 Å². The van der Waals surface area contributed by atoms with Gasteiger partial charge < -0.3 is 19.1 Å². The van der Waals surface area contributed by atoms with Gasteiger partial charge in [0.15, 0.2) is 5.75 Å². The van der Waals surface area contributed by atoms with Gasteiger partial charge in [-0.05, 0) is 83.8 Å². The first-order valence-electron chi connectivity index (χ1n) is 16.9. The van der Waals surface area contributed by atoms with Crippen LogP contribution < -0.4 is 14.2 Å². The van der Waals surface area contributed by atoms with Gasteiger partial charge in [0.25, 0.3) is 0 Å². The summed E-state index contributed by atoms with van der Waals surface area (Å²) in [6.45, 7) is 6.06. The minimum absolute atomic E-state index is 0.00307. The van der Waals surface area contributed by atoms with Crippen molar-refractivity contribution < 1.29 is 27.8 Å². The summed E-state index contributed by atoms with van der Waals surface area (Å²) in [5.41, 5.74) is 4.28. The maximum atomic E-state index is 14.1. The van der Waals surface area contributed by atoms with Gasteiger partial charge >= 0.3 is 0 Å². The molecule has 0 saturated carbocycles. The standard InChI is InChI=1S/C41H37Cl2F2N3O4/c1-28-23-31(24-37(43)41(28)52-38-15-14-35(25-46-38)51-27-32-3-2-4-36(42)40(32)45)9-16-39(49)48-20-18-47(19-21-48)26-30-7-5-29(6-8-30)17-22-50-34-12-10-33(44)11-13-34/h2-16,23-25H,17-22,26-27H2,1H3/b16-9+. The average molecular weight is 745 g/mol. The Bertz CT molecular complexity index is 1980. The van der Waals surface area contributed by atoms with Crippen LogP contribution in [0.1, 0.15) is 27.8 Å². The fourth-order valence-corrected chi connectivity index (χ4v) is 6.22. The largest absolute Gasteiger partial charge is 0.493 e. The number of pyridine rings is 1. The van der Waals surface area contributed by atoms with E-state index in [4.69, 9.17) is 37.4 Å². The highest BCUT2D eigenvalue weighted by Crippen LogP contribution is 2.34. The van der Waals surface area contributed by atoms with Crippen molar-refractivity contribution in [3.63, 3.8) is 0 Å². The molecule has 5 aromatic rings. The van der Waals surface area contributed by atoms with Crippen molar-refractivity contribution in [2.75, 3.05) is 32.8 Å². The smallest absolute Gasteiger partial charge is 0.246 e. The zero-order valence-electron chi connectivity index (χ0n) is 28.5. The van der Waals surface area contributed by atoms with Crippen LogP contribution in [-0.2, 0) is 24.4 Å². The van der Waals surface area contributed by atoms with Crippen molar-refractivity contribution in [2.45, 2.75) is 26.5 Å². The van der Waals surface area contributed by atoms with Gasteiger partial charge in [-0.1, -0.05) is 59.6 Å². The topological polar surface area (TPSA) is 64.1 Å². The molecule has 0 atom stereocenters. The molecule has 0 radical (unpaired) electrons. The summed E-state index contributed by atoms with van der Waals surface area (Å²) in [4.78, 5) is 21.5. The Hall–Kier alpha value is -4.96. The van der Waals surface area contributed by atoms with Crippen molar-refractivity contribution in [2.24, 2.45) is 0 Å². The molecule has 0 bridgehead atoms. The molecule has 0 N–H and O–H groups in total. The third kappa shape index (κ3) is 10.1. The molecule has 1 saturated heterocycles. The van der Waals surface area contributed by atoms with Gasteiger partial charge in [-0.15, -0.1) is 0 Å². The van der Waals surface area contributed by atoms with Gasteiger partial charge in [0, 0.05) is 56.9 Å². The molecule has 268 valence electrons. The number of hydrogen-bond donors (Lipinski definition) is 0. The van der Waals surface area contributed by atoms with E-state index in [0.717, 1.165) is 37.2 Å². The summed E-state index contributed by atoms with van der Waals surface area (Å²) in [6.07, 6.45) is 5.58. The Balaban J connectivity index is 0.937. The molecule has 1 amide bonds. The van der Waals surface area contributed by atoms with Crippen LogP contribution in [0.5, 0.6) is 23.1 Å². The lowest BCUT2D eigenvalue weighted by molar-refractivity contribution is -0.127. The lowest BCUT2D eigenvalue weighted by Crippen LogP contribution is -2.47. The zero-order chi connectivity index (χ0) is 36.5. The first-order chi connectivity index (χ1) is 25.2. The molecule has 11 heteroatoms. The van der Waals surface area contributed by atoms with E-state index in [9.17, 15) is 13.6 Å². The highest BCUT2D eigenvalue weighted by atomic mass is 35.5. The Kier molecular flexibility index (Phi) is 12.4. The van der Waals surface area contributed by atoms with Gasteiger partial charge in [-0.3, -0.25) is 9.69 Å². The number of aryl methyl sites for hydroxylation is 1. The fourth-order valence-electron chi connectivity index (χ4n) is 5.71. The van der Waals surface area contributed by atoms with Crippen LogP contribution in [0.3, 0.4) is 0 Å². The van der Waals surface area contributed by atoms with Crippen molar-refractivity contribution in [3.05, 3.63) is 153 Å². The summed E-state index contributed by atoms with van der Waals surface area (Å²) >= 11 is 12.4. The Morgan fingerprint density at radius 3 is 2.29 bits per heavy atom. The molecule has 52 heavy (non-hydrogen) atoms. The van der Waals surface area contributed by atoms with Crippen molar-refractivity contribution in [3.8, 4) is 23.1 Å². The average Bonchev–Trinajstić information content (AvgIpc) is 3.15. The second kappa shape index (κ2) is 17.5.